The van der Waals surface area contributed by atoms with Gasteiger partial charge in [-0.3, -0.25) is 0 Å². The minimum absolute atomic E-state index is 0. The minimum Gasteiger partial charge on any atom is -1.00 e. The summed E-state index contributed by atoms with van der Waals surface area (Å²) in [5.41, 5.74) is 0. The van der Waals surface area contributed by atoms with Crippen molar-refractivity contribution in [1.29, 1.82) is 0 Å². The molecule has 0 spiro atoms. The Hall–Kier alpha value is -1.10. The fourth-order valence-corrected chi connectivity index (χ4v) is 3.71. The molecule has 1 N–H and O–H groups in total. The van der Waals surface area contributed by atoms with Gasteiger partial charge in [-0.1, -0.05) is 90.0 Å². The van der Waals surface area contributed by atoms with Crippen molar-refractivity contribution in [1.82, 2.24) is 5.32 Å². The van der Waals surface area contributed by atoms with Crippen molar-refractivity contribution < 1.29 is 31.1 Å². The van der Waals surface area contributed by atoms with Crippen LogP contribution in [0.15, 0.2) is 30.6 Å². The van der Waals surface area contributed by atoms with E-state index in [-0.39, 0.29) is 23.1 Å². The Bertz CT molecular complexity index is 499. The van der Waals surface area contributed by atoms with Crippen molar-refractivity contribution in [3.05, 3.63) is 30.6 Å². The van der Waals surface area contributed by atoms with E-state index < -0.39 is 0 Å². The van der Waals surface area contributed by atoms with Gasteiger partial charge in [0.05, 0.1) is 6.61 Å². The summed E-state index contributed by atoms with van der Waals surface area (Å²) in [4.78, 5) is 11.7. The molecule has 0 bridgehead atoms. The number of aromatic nitrogens is 1. The van der Waals surface area contributed by atoms with Crippen LogP contribution in [0.25, 0.3) is 0 Å². The third kappa shape index (κ3) is 20.6. The van der Waals surface area contributed by atoms with Gasteiger partial charge in [0.25, 0.3) is 0 Å². The van der Waals surface area contributed by atoms with Crippen LogP contribution in [0.2, 0.25) is 0 Å². The molecule has 180 valence electrons. The van der Waals surface area contributed by atoms with Gasteiger partial charge >= 0.3 is 6.09 Å². The van der Waals surface area contributed by atoms with E-state index in [0.29, 0.717) is 6.61 Å². The Morgan fingerprint density at radius 1 is 0.710 bits per heavy atom. The molecule has 0 saturated carbocycles. The predicted octanol–water partition coefficient (Wildman–Crippen LogP) is 3.97. The van der Waals surface area contributed by atoms with Crippen molar-refractivity contribution in [2.75, 3.05) is 13.2 Å². The molecule has 0 saturated heterocycles. The lowest BCUT2D eigenvalue weighted by Gasteiger charge is -2.07. The number of unbranched alkanes of at least 4 members (excludes halogenated alkanes) is 14. The molecule has 1 amide bonds. The van der Waals surface area contributed by atoms with Gasteiger partial charge in [-0.15, -0.1) is 0 Å². The number of halogens is 1. The Kier molecular flexibility index (Phi) is 22.7. The normalized spacial score (nSPS) is 10.5. The smallest absolute Gasteiger partial charge is 0.407 e. The van der Waals surface area contributed by atoms with Gasteiger partial charge < -0.3 is 27.0 Å². The van der Waals surface area contributed by atoms with Crippen LogP contribution in [-0.4, -0.2) is 19.2 Å². The average Bonchev–Trinajstić information content (AvgIpc) is 2.77. The molecular weight excluding hydrogens is 452 g/mol. The number of carbonyl (C=O) groups is 1. The summed E-state index contributed by atoms with van der Waals surface area (Å²) in [6.45, 7) is 4.61. The second-order valence-corrected chi connectivity index (χ2v) is 8.48. The summed E-state index contributed by atoms with van der Waals surface area (Å²) in [6, 6.07) is 6.17. The summed E-state index contributed by atoms with van der Waals surface area (Å²) in [6.07, 6.45) is 24.4. The lowest BCUT2D eigenvalue weighted by molar-refractivity contribution is -0.697. The number of aryl methyl sites for hydroxylation is 1. The first-order valence-corrected chi connectivity index (χ1v) is 12.7. The molecule has 0 aromatic carbocycles. The molecule has 1 aromatic rings. The highest BCUT2D eigenvalue weighted by atomic mass is 79.9. The lowest BCUT2D eigenvalue weighted by Crippen LogP contribution is -3.00. The van der Waals surface area contributed by atoms with Gasteiger partial charge in [-0.25, -0.2) is 9.36 Å². The SMILES string of the molecule is CCCCCCCCCCCCCCOC(=O)NCCCCCC[n+]1ccccc1.[Br-]. The molecule has 0 aliphatic heterocycles. The third-order valence-corrected chi connectivity index (χ3v) is 5.62. The van der Waals surface area contributed by atoms with Crippen LogP contribution in [0.5, 0.6) is 0 Å². The summed E-state index contributed by atoms with van der Waals surface area (Å²) in [5, 5.41) is 2.87. The summed E-state index contributed by atoms with van der Waals surface area (Å²) >= 11 is 0. The van der Waals surface area contributed by atoms with Crippen molar-refractivity contribution in [2.24, 2.45) is 0 Å². The number of rotatable bonds is 20. The van der Waals surface area contributed by atoms with Crippen LogP contribution in [0, 0.1) is 0 Å². The maximum atomic E-state index is 11.7. The van der Waals surface area contributed by atoms with E-state index in [1.165, 1.54) is 83.5 Å². The minimum atomic E-state index is -0.252. The molecule has 1 aromatic heterocycles. The van der Waals surface area contributed by atoms with Crippen LogP contribution in [0.1, 0.15) is 110 Å². The molecule has 0 aliphatic carbocycles. The molecule has 5 heteroatoms. The molecule has 0 fully saturated rings. The standard InChI is InChI=1S/C26H46N2O2.BrH/c1-2-3-4-5-6-7-8-9-10-11-14-20-25-30-26(29)27-21-16-12-13-17-22-28-23-18-15-19-24-28;/h15,18-19,23-24H,2-14,16-17,20-22,25H2,1H3;1H. The maximum Gasteiger partial charge on any atom is 0.407 e. The van der Waals surface area contributed by atoms with Gasteiger partial charge in [0.15, 0.2) is 12.4 Å². The van der Waals surface area contributed by atoms with Crippen LogP contribution in [0.3, 0.4) is 0 Å². The number of hydrogen-bond donors (Lipinski definition) is 1. The molecule has 31 heavy (non-hydrogen) atoms. The second-order valence-electron chi connectivity index (χ2n) is 8.48. The van der Waals surface area contributed by atoms with E-state index in [1.807, 2.05) is 6.07 Å². The van der Waals surface area contributed by atoms with Gasteiger partial charge in [0.1, 0.15) is 6.54 Å². The highest BCUT2D eigenvalue weighted by Crippen LogP contribution is 2.11. The fraction of sp³-hybridized carbons (Fsp3) is 0.769. The van der Waals surface area contributed by atoms with E-state index in [4.69, 9.17) is 4.74 Å². The van der Waals surface area contributed by atoms with Crippen molar-refractivity contribution in [2.45, 2.75) is 116 Å². The largest absolute Gasteiger partial charge is 1.00 e. The van der Waals surface area contributed by atoms with Gasteiger partial charge in [0.2, 0.25) is 0 Å². The van der Waals surface area contributed by atoms with E-state index in [2.05, 4.69) is 41.3 Å². The summed E-state index contributed by atoms with van der Waals surface area (Å²) in [7, 11) is 0. The molecule has 0 aliphatic rings. The average molecular weight is 500 g/mol. The Labute approximate surface area is 202 Å². The van der Waals surface area contributed by atoms with Crippen LogP contribution in [-0.2, 0) is 11.3 Å². The Morgan fingerprint density at radius 3 is 1.84 bits per heavy atom. The van der Waals surface area contributed by atoms with E-state index in [0.717, 1.165) is 32.4 Å². The number of nitrogens with one attached hydrogen (secondary N) is 1. The molecule has 4 nitrogen and oxygen atoms in total. The topological polar surface area (TPSA) is 42.2 Å². The molecule has 1 rings (SSSR count). The molecule has 0 atom stereocenters. The third-order valence-electron chi connectivity index (χ3n) is 5.62. The first-order chi connectivity index (χ1) is 14.8. The zero-order valence-corrected chi connectivity index (χ0v) is 21.5. The van der Waals surface area contributed by atoms with Crippen molar-refractivity contribution in [3.63, 3.8) is 0 Å². The fourth-order valence-electron chi connectivity index (χ4n) is 3.71. The number of alkyl carbamates (subject to hydrolysis) is 1. The highest BCUT2D eigenvalue weighted by molar-refractivity contribution is 5.66. The number of hydrogen-bond acceptors (Lipinski definition) is 2. The quantitative estimate of drug-likeness (QED) is 0.218. The molecule has 0 radical (unpaired) electrons. The van der Waals surface area contributed by atoms with Crippen molar-refractivity contribution in [3.8, 4) is 0 Å². The van der Waals surface area contributed by atoms with Gasteiger partial charge in [0, 0.05) is 25.1 Å². The first kappa shape index (κ1) is 29.9. The number of ether oxygens (including phenoxy) is 1. The van der Waals surface area contributed by atoms with Gasteiger partial charge in [-0.2, -0.15) is 0 Å². The number of carbonyl (C=O) groups excluding carboxylic acids is 1. The van der Waals surface area contributed by atoms with Crippen LogP contribution >= 0.6 is 0 Å². The van der Waals surface area contributed by atoms with E-state index in [9.17, 15) is 4.79 Å². The first-order valence-electron chi connectivity index (χ1n) is 12.7. The highest BCUT2D eigenvalue weighted by Gasteiger charge is 2.02. The summed E-state index contributed by atoms with van der Waals surface area (Å²) in [5.74, 6) is 0. The Morgan fingerprint density at radius 2 is 1.23 bits per heavy atom. The molecule has 0 unspecified atom stereocenters. The van der Waals surface area contributed by atoms with E-state index >= 15 is 0 Å². The predicted molar refractivity (Wildman–Crippen MR) is 126 cm³/mol. The van der Waals surface area contributed by atoms with E-state index in [1.54, 1.807) is 0 Å². The Balaban J connectivity index is 0.00000900. The number of amides is 1. The maximum absolute atomic E-state index is 11.7. The molecular formula is C26H47BrN2O2. The van der Waals surface area contributed by atoms with Crippen LogP contribution in [0.4, 0.5) is 4.79 Å². The second kappa shape index (κ2) is 23.6. The number of nitrogens with zero attached hydrogens (tertiary/aromatic N) is 1. The lowest BCUT2D eigenvalue weighted by atomic mass is 10.1. The summed E-state index contributed by atoms with van der Waals surface area (Å²) < 4.78 is 7.48. The monoisotopic (exact) mass is 498 g/mol. The zero-order chi connectivity index (χ0) is 21.5. The van der Waals surface area contributed by atoms with Gasteiger partial charge in [-0.05, 0) is 19.3 Å². The molecule has 1 heterocycles. The number of pyridine rings is 1. The van der Waals surface area contributed by atoms with Crippen LogP contribution < -0.4 is 26.9 Å². The van der Waals surface area contributed by atoms with Crippen molar-refractivity contribution >= 4 is 6.09 Å². The zero-order valence-electron chi connectivity index (χ0n) is 20.0.